The van der Waals surface area contributed by atoms with E-state index in [1.165, 1.54) is 14.7 Å². The van der Waals surface area contributed by atoms with Crippen LogP contribution in [-0.2, 0) is 0 Å². The van der Waals surface area contributed by atoms with E-state index < -0.39 is 16.0 Å². The molecule has 0 saturated carbocycles. The molecule has 0 aliphatic heterocycles. The van der Waals surface area contributed by atoms with Crippen molar-refractivity contribution < 1.29 is 0 Å². The Balaban J connectivity index is 4.10. The van der Waals surface area contributed by atoms with Gasteiger partial charge in [0, 0.05) is 0 Å². The maximum absolute atomic E-state index is 3.93. The molecule has 0 aliphatic carbocycles. The van der Waals surface area contributed by atoms with Crippen molar-refractivity contribution in [1.82, 2.24) is 0 Å². The van der Waals surface area contributed by atoms with Crippen molar-refractivity contribution in [3.05, 3.63) is 34.5 Å². The Bertz CT molecular complexity index is 185. The monoisotopic (exact) mass is 340 g/mol. The third-order valence-corrected chi connectivity index (χ3v) is 22.9. The Hall–Kier alpha value is 1.09. The summed E-state index contributed by atoms with van der Waals surface area (Å²) in [6.07, 6.45) is 0. The van der Waals surface area contributed by atoms with Gasteiger partial charge in [0.2, 0.25) is 0 Å². The summed E-state index contributed by atoms with van der Waals surface area (Å²) in [6.45, 7) is 18.0. The molecule has 0 radical (unpaired) electrons. The van der Waals surface area contributed by atoms with Gasteiger partial charge in [0.1, 0.15) is 0 Å². The first-order valence-corrected chi connectivity index (χ1v) is 15.4. The van der Waals surface area contributed by atoms with Crippen LogP contribution >= 0.6 is 26.5 Å². The molecule has 0 N–H and O–H groups in total. The van der Waals surface area contributed by atoms with Crippen molar-refractivity contribution in [2.24, 2.45) is 0 Å². The van der Waals surface area contributed by atoms with Crippen LogP contribution in [0.3, 0.4) is 0 Å². The van der Waals surface area contributed by atoms with E-state index >= 15 is 0 Å². The van der Waals surface area contributed by atoms with E-state index in [0.717, 1.165) is 0 Å². The summed E-state index contributed by atoms with van der Waals surface area (Å²) in [5.74, 6) is 0. The van der Waals surface area contributed by atoms with E-state index in [9.17, 15) is 0 Å². The normalized spacial score (nSPS) is 10.2. The second-order valence-corrected chi connectivity index (χ2v) is 23.2. The average molecular weight is 341 g/mol. The second kappa shape index (κ2) is 7.39. The van der Waals surface area contributed by atoms with Gasteiger partial charge >= 0.3 is 97.8 Å². The average Bonchev–Trinajstić information content (AvgIpc) is 1.80. The first-order valence-electron chi connectivity index (χ1n) is 3.72. The molecule has 4 heteroatoms. The molecule has 0 aliphatic rings. The topological polar surface area (TPSA) is 0 Å². The molecule has 0 unspecified atom stereocenters. The van der Waals surface area contributed by atoms with Crippen molar-refractivity contribution >= 4 is 42.6 Å². The number of hydrogen-bond acceptors (Lipinski definition) is 3. The number of rotatable bonds is 6. The molecule has 0 bridgehead atoms. The van der Waals surface area contributed by atoms with Crippen LogP contribution in [0, 0.1) is 0 Å². The van der Waals surface area contributed by atoms with Gasteiger partial charge in [-0.2, -0.15) is 0 Å². The predicted molar refractivity (Wildman–Crippen MR) is 73.0 cm³/mol. The summed E-state index contributed by atoms with van der Waals surface area (Å²) < 4.78 is 0. The molecular formula is C9H15S3Sb. The fraction of sp³-hybridized carbons (Fsp3) is 0.333. The minimum atomic E-state index is -1.39. The Labute approximate surface area is 96.9 Å². The van der Waals surface area contributed by atoms with Crippen LogP contribution in [0.15, 0.2) is 34.5 Å². The van der Waals surface area contributed by atoms with Gasteiger partial charge in [0.25, 0.3) is 0 Å². The third kappa shape index (κ3) is 9.39. The number of hydrogen-bond donors (Lipinski definition) is 0. The minimum absolute atomic E-state index is 1.21. The van der Waals surface area contributed by atoms with Crippen molar-refractivity contribution in [2.45, 2.75) is 20.8 Å². The van der Waals surface area contributed by atoms with Crippen LogP contribution in [0.5, 0.6) is 0 Å². The van der Waals surface area contributed by atoms with Crippen molar-refractivity contribution in [3.63, 3.8) is 0 Å². The first-order chi connectivity index (χ1) is 5.91. The van der Waals surface area contributed by atoms with E-state index in [0.29, 0.717) is 0 Å². The third-order valence-electron chi connectivity index (χ3n) is 0.691. The Morgan fingerprint density at radius 1 is 0.769 bits per heavy atom. The van der Waals surface area contributed by atoms with Gasteiger partial charge in [0.05, 0.1) is 0 Å². The molecule has 0 nitrogen and oxygen atoms in total. The molecular weight excluding hydrogens is 326 g/mol. The fourth-order valence-corrected chi connectivity index (χ4v) is 26.4. The quantitative estimate of drug-likeness (QED) is 0.639. The number of allylic oxidation sites excluding steroid dienone is 3. The molecule has 0 fully saturated rings. The van der Waals surface area contributed by atoms with Crippen LogP contribution < -0.4 is 0 Å². The van der Waals surface area contributed by atoms with Gasteiger partial charge in [0.15, 0.2) is 0 Å². The van der Waals surface area contributed by atoms with Crippen LogP contribution in [0.25, 0.3) is 0 Å². The van der Waals surface area contributed by atoms with Crippen molar-refractivity contribution in [1.29, 1.82) is 0 Å². The Morgan fingerprint density at radius 3 is 1.15 bits per heavy atom. The van der Waals surface area contributed by atoms with E-state index in [4.69, 9.17) is 0 Å². The summed E-state index contributed by atoms with van der Waals surface area (Å²) >= 11 is -1.39. The zero-order valence-corrected chi connectivity index (χ0v) is 13.3. The van der Waals surface area contributed by atoms with Gasteiger partial charge in [-0.1, -0.05) is 0 Å². The van der Waals surface area contributed by atoms with E-state index in [-0.39, 0.29) is 0 Å². The van der Waals surface area contributed by atoms with Crippen LogP contribution in [0.1, 0.15) is 20.8 Å². The van der Waals surface area contributed by atoms with Gasteiger partial charge in [-0.25, -0.2) is 0 Å². The van der Waals surface area contributed by atoms with Gasteiger partial charge < -0.3 is 0 Å². The molecule has 0 saturated heterocycles. The van der Waals surface area contributed by atoms with Gasteiger partial charge in [-0.3, -0.25) is 0 Å². The van der Waals surface area contributed by atoms with Crippen molar-refractivity contribution in [3.8, 4) is 0 Å². The molecule has 0 aromatic carbocycles. The Morgan fingerprint density at radius 2 is 1.00 bits per heavy atom. The SMILES string of the molecule is C=C(C)[S][Sb]([S]C(=C)C)[S]C(=C)C. The molecule has 0 atom stereocenters. The predicted octanol–water partition coefficient (Wildman–Crippen LogP) is 4.77. The van der Waals surface area contributed by atoms with Gasteiger partial charge in [-0.05, 0) is 0 Å². The van der Waals surface area contributed by atoms with E-state index in [1.54, 1.807) is 0 Å². The van der Waals surface area contributed by atoms with Crippen LogP contribution in [0.2, 0.25) is 0 Å². The molecule has 0 aromatic rings. The molecule has 13 heavy (non-hydrogen) atoms. The molecule has 74 valence electrons. The summed E-state index contributed by atoms with van der Waals surface area (Å²) in [7, 11) is 5.85. The van der Waals surface area contributed by atoms with Gasteiger partial charge in [-0.15, -0.1) is 0 Å². The van der Waals surface area contributed by atoms with E-state index in [2.05, 4.69) is 40.5 Å². The fourth-order valence-electron chi connectivity index (χ4n) is 0.438. The molecule has 0 spiro atoms. The zero-order valence-electron chi connectivity index (χ0n) is 8.29. The molecule has 0 amide bonds. The standard InChI is InChI=1S/3C3H6S.Sb/c3*1-3(2)4;/h3*4H,1H2,2H3;/q;;;+3/p-3. The van der Waals surface area contributed by atoms with E-state index in [1.807, 2.05) is 26.5 Å². The maximum atomic E-state index is 3.93. The summed E-state index contributed by atoms with van der Waals surface area (Å²) in [4.78, 5) is 3.64. The first kappa shape index (κ1) is 14.1. The van der Waals surface area contributed by atoms with Crippen molar-refractivity contribution in [2.75, 3.05) is 0 Å². The zero-order chi connectivity index (χ0) is 10.4. The molecule has 0 heterocycles. The Kier molecular flexibility index (Phi) is 8.01. The summed E-state index contributed by atoms with van der Waals surface area (Å²) in [6, 6.07) is 0. The summed E-state index contributed by atoms with van der Waals surface area (Å²) in [5, 5.41) is 0. The summed E-state index contributed by atoms with van der Waals surface area (Å²) in [5.41, 5.74) is 0. The second-order valence-electron chi connectivity index (χ2n) is 2.60. The molecule has 0 rings (SSSR count). The van der Waals surface area contributed by atoms with Crippen LogP contribution in [0.4, 0.5) is 0 Å². The van der Waals surface area contributed by atoms with Crippen LogP contribution in [-0.4, -0.2) is 16.0 Å². The molecule has 0 aromatic heterocycles.